The van der Waals surface area contributed by atoms with E-state index < -0.39 is 0 Å². The molecule has 2 aromatic carbocycles. The van der Waals surface area contributed by atoms with E-state index in [0.29, 0.717) is 44.2 Å². The van der Waals surface area contributed by atoms with Crippen molar-refractivity contribution in [2.45, 2.75) is 6.54 Å². The molecule has 0 atom stereocenters. The number of rotatable bonds is 8. The summed E-state index contributed by atoms with van der Waals surface area (Å²) in [5.74, 6) is -0.126. The fraction of sp³-hybridized carbons (Fsp3) is 0.364. The van der Waals surface area contributed by atoms with Crippen LogP contribution in [0.15, 0.2) is 54.6 Å². The van der Waals surface area contributed by atoms with Crippen LogP contribution in [-0.4, -0.2) is 68.1 Å². The molecule has 2 amide bonds. The number of morpholine rings is 1. The number of carbonyl (C=O) groups excluding carboxylic acids is 2. The summed E-state index contributed by atoms with van der Waals surface area (Å²) in [4.78, 5) is 28.4. The number of carbonyl (C=O) groups is 2. The van der Waals surface area contributed by atoms with Gasteiger partial charge in [-0.25, -0.2) is 0 Å². The Balaban J connectivity index is 1.42. The quantitative estimate of drug-likeness (QED) is 0.714. The van der Waals surface area contributed by atoms with Crippen molar-refractivity contribution in [3.8, 4) is 0 Å². The summed E-state index contributed by atoms with van der Waals surface area (Å²) in [6.07, 6.45) is 0. The van der Waals surface area contributed by atoms with E-state index in [2.05, 4.69) is 15.5 Å². The predicted molar refractivity (Wildman–Crippen MR) is 114 cm³/mol. The number of likely N-dealkylation sites (N-methyl/N-ethyl adjacent to an activating group) is 1. The first-order chi connectivity index (χ1) is 14.1. The lowest BCUT2D eigenvalue weighted by Gasteiger charge is -2.25. The second-order valence-corrected chi connectivity index (χ2v) is 7.22. The molecule has 1 saturated heterocycles. The number of hydrogen-bond acceptors (Lipinski definition) is 5. The van der Waals surface area contributed by atoms with E-state index in [0.717, 1.165) is 13.1 Å². The van der Waals surface area contributed by atoms with Gasteiger partial charge in [-0.2, -0.15) is 0 Å². The maximum atomic E-state index is 12.3. The Morgan fingerprint density at radius 1 is 0.931 bits per heavy atom. The molecule has 0 spiro atoms. The van der Waals surface area contributed by atoms with Crippen molar-refractivity contribution in [2.24, 2.45) is 0 Å². The molecule has 2 N–H and O–H groups in total. The minimum Gasteiger partial charge on any atom is -0.379 e. The molecule has 1 aliphatic heterocycles. The molecule has 0 aromatic heterocycles. The fourth-order valence-electron chi connectivity index (χ4n) is 3.20. The van der Waals surface area contributed by atoms with Crippen LogP contribution in [0.25, 0.3) is 0 Å². The first kappa shape index (κ1) is 21.0. The van der Waals surface area contributed by atoms with E-state index in [-0.39, 0.29) is 11.8 Å². The van der Waals surface area contributed by atoms with E-state index in [1.165, 1.54) is 5.56 Å². The topological polar surface area (TPSA) is 73.9 Å². The molecule has 3 rings (SSSR count). The minimum absolute atomic E-state index is 0.0498. The molecule has 7 heteroatoms. The summed E-state index contributed by atoms with van der Waals surface area (Å²) in [7, 11) is 1.92. The van der Waals surface area contributed by atoms with Crippen molar-refractivity contribution in [2.75, 3.05) is 57.1 Å². The van der Waals surface area contributed by atoms with Gasteiger partial charge in [0.05, 0.1) is 26.3 Å². The first-order valence-corrected chi connectivity index (χ1v) is 9.81. The van der Waals surface area contributed by atoms with Crippen LogP contribution in [-0.2, 0) is 20.9 Å². The van der Waals surface area contributed by atoms with Crippen molar-refractivity contribution >= 4 is 23.2 Å². The molecule has 1 heterocycles. The lowest BCUT2D eigenvalue weighted by molar-refractivity contribution is -0.118. The number of amides is 2. The molecule has 0 radical (unpaired) electrons. The Labute approximate surface area is 171 Å². The standard InChI is InChI=1S/C22H28N4O3/c1-25(15-18-5-3-2-4-6-18)16-21(27)23-19-7-9-20(10-8-19)24-22(28)17-26-11-13-29-14-12-26/h2-10H,11-17H2,1H3,(H,23,27)(H,24,28). The maximum Gasteiger partial charge on any atom is 0.238 e. The van der Waals surface area contributed by atoms with Crippen LogP contribution in [0.1, 0.15) is 5.56 Å². The maximum absolute atomic E-state index is 12.3. The molecule has 0 aliphatic carbocycles. The summed E-state index contributed by atoms with van der Waals surface area (Å²) >= 11 is 0. The lowest BCUT2D eigenvalue weighted by atomic mass is 10.2. The smallest absolute Gasteiger partial charge is 0.238 e. The molecule has 154 valence electrons. The third-order valence-corrected chi connectivity index (χ3v) is 4.63. The summed E-state index contributed by atoms with van der Waals surface area (Å²) in [5.41, 5.74) is 2.58. The Kier molecular flexibility index (Phi) is 7.75. The molecule has 0 saturated carbocycles. The van der Waals surface area contributed by atoms with Gasteiger partial charge < -0.3 is 15.4 Å². The van der Waals surface area contributed by atoms with Crippen molar-refractivity contribution in [3.05, 3.63) is 60.2 Å². The van der Waals surface area contributed by atoms with Crippen molar-refractivity contribution in [3.63, 3.8) is 0 Å². The monoisotopic (exact) mass is 396 g/mol. The van der Waals surface area contributed by atoms with E-state index in [9.17, 15) is 9.59 Å². The fourth-order valence-corrected chi connectivity index (χ4v) is 3.20. The van der Waals surface area contributed by atoms with E-state index >= 15 is 0 Å². The third kappa shape index (κ3) is 7.30. The SMILES string of the molecule is CN(CC(=O)Nc1ccc(NC(=O)CN2CCOCC2)cc1)Cc1ccccc1. The van der Waals surface area contributed by atoms with Gasteiger partial charge >= 0.3 is 0 Å². The Hall–Kier alpha value is -2.74. The second-order valence-electron chi connectivity index (χ2n) is 7.22. The van der Waals surface area contributed by atoms with E-state index in [1.807, 2.05) is 42.3 Å². The summed E-state index contributed by atoms with van der Waals surface area (Å²) in [6.45, 7) is 4.25. The van der Waals surface area contributed by atoms with Gasteiger partial charge in [0.25, 0.3) is 0 Å². The molecule has 0 unspecified atom stereocenters. The third-order valence-electron chi connectivity index (χ3n) is 4.63. The first-order valence-electron chi connectivity index (χ1n) is 9.81. The van der Waals surface area contributed by atoms with Crippen LogP contribution in [0.2, 0.25) is 0 Å². The highest BCUT2D eigenvalue weighted by atomic mass is 16.5. The van der Waals surface area contributed by atoms with Crippen molar-refractivity contribution in [1.82, 2.24) is 9.80 Å². The number of benzene rings is 2. The molecule has 0 bridgehead atoms. The molecule has 1 aliphatic rings. The highest BCUT2D eigenvalue weighted by Gasteiger charge is 2.14. The van der Waals surface area contributed by atoms with Gasteiger partial charge in [-0.05, 0) is 36.9 Å². The van der Waals surface area contributed by atoms with Gasteiger partial charge in [0.2, 0.25) is 11.8 Å². The summed E-state index contributed by atoms with van der Waals surface area (Å²) < 4.78 is 5.29. The Morgan fingerprint density at radius 3 is 2.14 bits per heavy atom. The number of hydrogen-bond donors (Lipinski definition) is 2. The van der Waals surface area contributed by atoms with E-state index in [4.69, 9.17) is 4.74 Å². The van der Waals surface area contributed by atoms with Crippen molar-refractivity contribution in [1.29, 1.82) is 0 Å². The number of nitrogens with one attached hydrogen (secondary N) is 2. The van der Waals surface area contributed by atoms with Gasteiger partial charge in [0.1, 0.15) is 0 Å². The number of ether oxygens (including phenoxy) is 1. The predicted octanol–water partition coefficient (Wildman–Crippen LogP) is 2.03. The van der Waals surface area contributed by atoms with Gasteiger partial charge in [0.15, 0.2) is 0 Å². The Morgan fingerprint density at radius 2 is 1.52 bits per heavy atom. The van der Waals surface area contributed by atoms with Gasteiger partial charge in [-0.1, -0.05) is 30.3 Å². The molecule has 29 heavy (non-hydrogen) atoms. The van der Waals surface area contributed by atoms with Crippen LogP contribution >= 0.6 is 0 Å². The van der Waals surface area contributed by atoms with Crippen LogP contribution in [0.4, 0.5) is 11.4 Å². The second kappa shape index (κ2) is 10.7. The number of nitrogens with zero attached hydrogens (tertiary/aromatic N) is 2. The zero-order valence-electron chi connectivity index (χ0n) is 16.8. The van der Waals surface area contributed by atoms with Crippen molar-refractivity contribution < 1.29 is 14.3 Å². The average Bonchev–Trinajstić information content (AvgIpc) is 2.71. The highest BCUT2D eigenvalue weighted by molar-refractivity contribution is 5.94. The molecular formula is C22H28N4O3. The zero-order chi connectivity index (χ0) is 20.5. The normalized spacial score (nSPS) is 14.6. The minimum atomic E-state index is -0.0764. The van der Waals surface area contributed by atoms with Crippen LogP contribution < -0.4 is 10.6 Å². The molecular weight excluding hydrogens is 368 g/mol. The van der Waals surface area contributed by atoms with Crippen LogP contribution in [0.3, 0.4) is 0 Å². The zero-order valence-corrected chi connectivity index (χ0v) is 16.8. The Bertz CT molecular complexity index is 789. The molecule has 7 nitrogen and oxygen atoms in total. The highest BCUT2D eigenvalue weighted by Crippen LogP contribution is 2.14. The van der Waals surface area contributed by atoms with Crippen LogP contribution in [0.5, 0.6) is 0 Å². The average molecular weight is 396 g/mol. The van der Waals surface area contributed by atoms with Gasteiger partial charge in [-0.15, -0.1) is 0 Å². The van der Waals surface area contributed by atoms with E-state index in [1.54, 1.807) is 24.3 Å². The van der Waals surface area contributed by atoms with Gasteiger partial charge in [-0.3, -0.25) is 19.4 Å². The summed E-state index contributed by atoms with van der Waals surface area (Å²) in [5, 5.41) is 5.78. The molecule has 2 aromatic rings. The molecule has 1 fully saturated rings. The summed E-state index contributed by atoms with van der Waals surface area (Å²) in [6, 6.07) is 17.2. The lowest BCUT2D eigenvalue weighted by Crippen LogP contribution is -2.41. The number of anilines is 2. The largest absolute Gasteiger partial charge is 0.379 e. The van der Waals surface area contributed by atoms with Crippen LogP contribution in [0, 0.1) is 0 Å². The van der Waals surface area contributed by atoms with Gasteiger partial charge in [0, 0.05) is 31.0 Å².